The summed E-state index contributed by atoms with van der Waals surface area (Å²) in [5.74, 6) is -1.44. The van der Waals surface area contributed by atoms with E-state index >= 15 is 0 Å². The summed E-state index contributed by atoms with van der Waals surface area (Å²) < 4.78 is 52.9. The molecule has 0 spiro atoms. The van der Waals surface area contributed by atoms with Crippen molar-refractivity contribution in [2.45, 2.75) is 57.8 Å². The van der Waals surface area contributed by atoms with Crippen LogP contribution in [0.1, 0.15) is 39.2 Å². The van der Waals surface area contributed by atoms with Crippen LogP contribution in [0.5, 0.6) is 5.75 Å². The second-order valence-corrected chi connectivity index (χ2v) is 10.7. The first kappa shape index (κ1) is 24.9. The van der Waals surface area contributed by atoms with E-state index in [4.69, 9.17) is 0 Å². The lowest BCUT2D eigenvalue weighted by atomic mass is 9.92. The minimum absolute atomic E-state index is 0.00957. The molecule has 3 atom stereocenters. The van der Waals surface area contributed by atoms with Crippen molar-refractivity contribution in [1.82, 2.24) is 15.1 Å². The van der Waals surface area contributed by atoms with Crippen LogP contribution in [0.2, 0.25) is 0 Å². The maximum Gasteiger partial charge on any atom is 0.387 e. The third-order valence-electron chi connectivity index (χ3n) is 6.18. The molecule has 2 aliphatic rings. The third kappa shape index (κ3) is 5.10. The number of halogens is 2. The predicted octanol–water partition coefficient (Wildman–Crippen LogP) is 1.87. The Morgan fingerprint density at radius 2 is 1.94 bits per heavy atom. The van der Waals surface area contributed by atoms with Gasteiger partial charge in [-0.05, 0) is 44.4 Å². The van der Waals surface area contributed by atoms with Crippen LogP contribution >= 0.6 is 0 Å². The molecule has 3 rings (SSSR count). The topological polar surface area (TPSA) is 113 Å². The Bertz CT molecular complexity index is 1030. The van der Waals surface area contributed by atoms with E-state index in [-0.39, 0.29) is 23.3 Å². The number of carbonyl (C=O) groups excluding carboxylic acids is 3. The molecule has 2 aliphatic heterocycles. The molecule has 12 heteroatoms. The molecule has 182 valence electrons. The molecule has 0 saturated carbocycles. The summed E-state index contributed by atoms with van der Waals surface area (Å²) in [6, 6.07) is 3.73. The summed E-state index contributed by atoms with van der Waals surface area (Å²) in [5.41, 5.74) is -1.17. The second-order valence-electron chi connectivity index (χ2n) is 8.46. The molecule has 1 N–H and O–H groups in total. The molecule has 0 aromatic heterocycles. The molecular weight excluding hydrogens is 460 g/mol. The maximum atomic E-state index is 13.2. The van der Waals surface area contributed by atoms with Gasteiger partial charge in [0.15, 0.2) is 9.84 Å². The molecule has 2 fully saturated rings. The molecule has 2 saturated heterocycles. The maximum absolute atomic E-state index is 13.2. The van der Waals surface area contributed by atoms with E-state index in [0.29, 0.717) is 18.4 Å². The number of hydrogen-bond acceptors (Lipinski definition) is 6. The monoisotopic (exact) mass is 487 g/mol. The van der Waals surface area contributed by atoms with Gasteiger partial charge in [-0.3, -0.25) is 14.5 Å². The Balaban J connectivity index is 1.78. The van der Waals surface area contributed by atoms with Crippen LogP contribution in [0.25, 0.3) is 0 Å². The van der Waals surface area contributed by atoms with E-state index in [1.165, 1.54) is 36.1 Å². The second kappa shape index (κ2) is 9.24. The summed E-state index contributed by atoms with van der Waals surface area (Å²) >= 11 is 0. The van der Waals surface area contributed by atoms with Crippen LogP contribution in [-0.2, 0) is 25.0 Å². The van der Waals surface area contributed by atoms with Crippen LogP contribution in [-0.4, -0.2) is 72.8 Å². The van der Waals surface area contributed by atoms with Crippen molar-refractivity contribution in [2.75, 3.05) is 18.1 Å². The van der Waals surface area contributed by atoms with Crippen LogP contribution < -0.4 is 10.1 Å². The minimum Gasteiger partial charge on any atom is -0.435 e. The van der Waals surface area contributed by atoms with Gasteiger partial charge in [-0.25, -0.2) is 13.2 Å². The number of imide groups is 1. The zero-order chi connectivity index (χ0) is 24.6. The standard InChI is InChI=1S/C21H27F2N3O6S/c1-4-13(2)26(15-9-10-33(30,31)12-15)17(27)11-25-18(28)21(3,24-20(25)29)14-5-7-16(8-6-14)32-19(22)23/h5-8,13,15,19H,4,9-12H2,1-3H3,(H,24,29)/t13-,15-,21+/m0/s1. The molecule has 0 radical (unpaired) electrons. The number of alkyl halides is 2. The van der Waals surface area contributed by atoms with Crippen molar-refractivity contribution in [1.29, 1.82) is 0 Å². The van der Waals surface area contributed by atoms with Gasteiger partial charge in [0, 0.05) is 12.1 Å². The zero-order valence-corrected chi connectivity index (χ0v) is 19.4. The molecule has 9 nitrogen and oxygen atoms in total. The van der Waals surface area contributed by atoms with Gasteiger partial charge in [0.05, 0.1) is 11.5 Å². The highest BCUT2D eigenvalue weighted by molar-refractivity contribution is 7.91. The van der Waals surface area contributed by atoms with E-state index in [1.54, 1.807) is 6.92 Å². The summed E-state index contributed by atoms with van der Waals surface area (Å²) in [6.45, 7) is 1.58. The average molecular weight is 488 g/mol. The van der Waals surface area contributed by atoms with Gasteiger partial charge in [0.1, 0.15) is 17.8 Å². The van der Waals surface area contributed by atoms with Crippen molar-refractivity contribution in [3.63, 3.8) is 0 Å². The molecule has 0 bridgehead atoms. The van der Waals surface area contributed by atoms with Gasteiger partial charge in [-0.15, -0.1) is 0 Å². The Labute approximate surface area is 191 Å². The number of carbonyl (C=O) groups is 3. The lowest BCUT2D eigenvalue weighted by molar-refractivity contribution is -0.141. The van der Waals surface area contributed by atoms with Crippen LogP contribution in [0.3, 0.4) is 0 Å². The van der Waals surface area contributed by atoms with Crippen LogP contribution in [0, 0.1) is 0 Å². The summed E-state index contributed by atoms with van der Waals surface area (Å²) in [4.78, 5) is 41.2. The minimum atomic E-state index is -3.24. The number of hydrogen-bond donors (Lipinski definition) is 1. The molecule has 2 heterocycles. The smallest absolute Gasteiger partial charge is 0.387 e. The molecule has 4 amide bonds. The van der Waals surface area contributed by atoms with E-state index < -0.39 is 52.4 Å². The first-order valence-electron chi connectivity index (χ1n) is 10.6. The fraction of sp³-hybridized carbons (Fsp3) is 0.571. The molecular formula is C21H27F2N3O6S. The average Bonchev–Trinajstić information content (AvgIpc) is 3.19. The normalized spacial score (nSPS) is 25.3. The Hall–Kier alpha value is -2.76. The van der Waals surface area contributed by atoms with Gasteiger partial charge in [-0.1, -0.05) is 19.1 Å². The highest BCUT2D eigenvalue weighted by atomic mass is 32.2. The van der Waals surface area contributed by atoms with Crippen molar-refractivity contribution in [3.05, 3.63) is 29.8 Å². The number of sulfone groups is 1. The Morgan fingerprint density at radius 1 is 1.30 bits per heavy atom. The van der Waals surface area contributed by atoms with Crippen molar-refractivity contribution >= 4 is 27.7 Å². The first-order chi connectivity index (χ1) is 15.4. The van der Waals surface area contributed by atoms with Crippen molar-refractivity contribution < 1.29 is 36.3 Å². The van der Waals surface area contributed by atoms with E-state index in [2.05, 4.69) is 10.1 Å². The van der Waals surface area contributed by atoms with Crippen LogP contribution in [0.4, 0.5) is 13.6 Å². The predicted molar refractivity (Wildman–Crippen MR) is 114 cm³/mol. The number of nitrogens with one attached hydrogen (secondary N) is 1. The lowest BCUT2D eigenvalue weighted by Gasteiger charge is -2.34. The third-order valence-corrected chi connectivity index (χ3v) is 7.93. The Morgan fingerprint density at radius 3 is 2.45 bits per heavy atom. The molecule has 1 aromatic rings. The molecule has 0 aliphatic carbocycles. The largest absolute Gasteiger partial charge is 0.435 e. The fourth-order valence-corrected chi connectivity index (χ4v) is 5.93. The molecule has 33 heavy (non-hydrogen) atoms. The highest BCUT2D eigenvalue weighted by Gasteiger charge is 2.50. The number of urea groups is 1. The molecule has 0 unspecified atom stereocenters. The number of benzene rings is 1. The quantitative estimate of drug-likeness (QED) is 0.560. The number of amides is 4. The zero-order valence-electron chi connectivity index (χ0n) is 18.6. The molecule has 1 aromatic carbocycles. The number of nitrogens with zero attached hydrogens (tertiary/aromatic N) is 2. The highest BCUT2D eigenvalue weighted by Crippen LogP contribution is 2.31. The lowest BCUT2D eigenvalue weighted by Crippen LogP contribution is -2.51. The summed E-state index contributed by atoms with van der Waals surface area (Å²) in [5, 5.41) is 2.56. The summed E-state index contributed by atoms with van der Waals surface area (Å²) in [6.07, 6.45) is 0.885. The van der Waals surface area contributed by atoms with Gasteiger partial charge < -0.3 is 15.0 Å². The van der Waals surface area contributed by atoms with E-state index in [9.17, 15) is 31.6 Å². The van der Waals surface area contributed by atoms with Gasteiger partial charge in [-0.2, -0.15) is 8.78 Å². The first-order valence-corrected chi connectivity index (χ1v) is 12.4. The van der Waals surface area contributed by atoms with Crippen molar-refractivity contribution in [3.8, 4) is 5.75 Å². The van der Waals surface area contributed by atoms with Crippen molar-refractivity contribution in [2.24, 2.45) is 0 Å². The van der Waals surface area contributed by atoms with Gasteiger partial charge in [0.2, 0.25) is 5.91 Å². The number of ether oxygens (including phenoxy) is 1. The SMILES string of the molecule is CC[C@H](C)N(C(=O)CN1C(=O)N[C@](C)(c2ccc(OC(F)F)cc2)C1=O)[C@H]1CCS(=O)(=O)C1. The van der Waals surface area contributed by atoms with Crippen LogP contribution in [0.15, 0.2) is 24.3 Å². The van der Waals surface area contributed by atoms with E-state index in [0.717, 1.165) is 4.90 Å². The van der Waals surface area contributed by atoms with Gasteiger partial charge >= 0.3 is 12.6 Å². The van der Waals surface area contributed by atoms with E-state index in [1.807, 2.05) is 6.92 Å². The Kier molecular flexibility index (Phi) is 6.96. The number of rotatable bonds is 8. The fourth-order valence-electron chi connectivity index (χ4n) is 4.22. The summed E-state index contributed by atoms with van der Waals surface area (Å²) in [7, 11) is -3.24. The van der Waals surface area contributed by atoms with Gasteiger partial charge in [0.25, 0.3) is 5.91 Å².